The number of morpholine rings is 1. The minimum Gasteiger partial charge on any atom is -0.370 e. The molecule has 3 nitrogen and oxygen atoms in total. The van der Waals surface area contributed by atoms with Crippen LogP contribution in [0.4, 0.5) is 0 Å². The Kier molecular flexibility index (Phi) is 12.6. The molecule has 0 aromatic carbocycles. The number of amides is 1. The van der Waals surface area contributed by atoms with Crippen molar-refractivity contribution in [2.75, 3.05) is 26.3 Å². The van der Waals surface area contributed by atoms with Gasteiger partial charge in [-0.25, -0.2) is 0 Å². The number of nitrogens with zero attached hydrogens (tertiary/aromatic N) is 1. The molecule has 1 heterocycles. The third kappa shape index (κ3) is 9.28. The van der Waals surface area contributed by atoms with E-state index in [1.807, 2.05) is 4.90 Å². The van der Waals surface area contributed by atoms with Crippen LogP contribution in [-0.4, -0.2) is 37.1 Å². The maximum absolute atomic E-state index is 11.5. The van der Waals surface area contributed by atoms with E-state index in [1.54, 1.807) is 0 Å². The van der Waals surface area contributed by atoms with Crippen LogP contribution < -0.4 is 0 Å². The summed E-state index contributed by atoms with van der Waals surface area (Å²) in [7, 11) is 0. The van der Waals surface area contributed by atoms with Crippen molar-refractivity contribution in [1.29, 1.82) is 0 Å². The molecule has 114 valence electrons. The lowest BCUT2D eigenvalue weighted by Crippen LogP contribution is -2.41. The predicted molar refractivity (Wildman–Crippen MR) is 81.9 cm³/mol. The van der Waals surface area contributed by atoms with E-state index < -0.39 is 0 Å². The number of rotatable bonds is 10. The first-order chi connectivity index (χ1) is 8.84. The van der Waals surface area contributed by atoms with Crippen molar-refractivity contribution in [3.63, 3.8) is 0 Å². The Bertz CT molecular complexity index is 224. The molecule has 0 aromatic heterocycles. The second-order valence-corrected chi connectivity index (χ2v) is 5.26. The zero-order valence-electron chi connectivity index (χ0n) is 12.4. The van der Waals surface area contributed by atoms with Gasteiger partial charge < -0.3 is 9.64 Å². The molecule has 1 saturated heterocycles. The third-order valence-corrected chi connectivity index (χ3v) is 3.62. The van der Waals surface area contributed by atoms with Gasteiger partial charge in [0.2, 0.25) is 5.91 Å². The van der Waals surface area contributed by atoms with Crippen LogP contribution >= 0.6 is 12.4 Å². The maximum atomic E-state index is 11.5. The van der Waals surface area contributed by atoms with Crippen LogP contribution in [0.5, 0.6) is 0 Å². The van der Waals surface area contributed by atoms with Crippen LogP contribution in [0, 0.1) is 0 Å². The average Bonchev–Trinajstić information content (AvgIpc) is 2.39. The van der Waals surface area contributed by atoms with Crippen molar-refractivity contribution in [2.24, 2.45) is 0 Å². The lowest BCUT2D eigenvalue weighted by molar-refractivity contribution is -0.142. The molecule has 1 aliphatic heterocycles. The summed E-state index contributed by atoms with van der Waals surface area (Å²) in [5.41, 5.74) is 0. The molecule has 0 bridgehead atoms. The number of halogens is 1. The first-order valence-electron chi connectivity index (χ1n) is 7.70. The van der Waals surface area contributed by atoms with Crippen molar-refractivity contribution < 1.29 is 9.53 Å². The summed E-state index contributed by atoms with van der Waals surface area (Å²) >= 11 is 0. The van der Waals surface area contributed by atoms with Gasteiger partial charge in [-0.05, 0) is 6.42 Å². The lowest BCUT2D eigenvalue weighted by atomic mass is 10.1. The first-order valence-corrected chi connectivity index (χ1v) is 7.70. The second-order valence-electron chi connectivity index (χ2n) is 5.26. The molecule has 4 heteroatoms. The zero-order chi connectivity index (χ0) is 13.1. The van der Waals surface area contributed by atoms with E-state index in [4.69, 9.17) is 4.74 Å². The summed E-state index contributed by atoms with van der Waals surface area (Å²) in [5.74, 6) is 0.167. The molecule has 1 aliphatic rings. The molecular formula is C15H30ClNO2. The molecule has 0 N–H and O–H groups in total. The Morgan fingerprint density at radius 3 is 2.16 bits per heavy atom. The predicted octanol–water partition coefficient (Wildman–Crippen LogP) is 3.80. The Morgan fingerprint density at radius 2 is 1.58 bits per heavy atom. The van der Waals surface area contributed by atoms with Crippen LogP contribution in [0.25, 0.3) is 0 Å². The lowest BCUT2D eigenvalue weighted by Gasteiger charge is -2.26. The number of hydrogen-bond donors (Lipinski definition) is 0. The molecule has 0 aliphatic carbocycles. The molecular weight excluding hydrogens is 262 g/mol. The second kappa shape index (κ2) is 12.7. The SMILES string of the molecule is CCCCCCCCCCCN1CCOCC1=O.Cl. The number of hydrogen-bond acceptors (Lipinski definition) is 2. The molecule has 19 heavy (non-hydrogen) atoms. The largest absolute Gasteiger partial charge is 0.370 e. The fourth-order valence-corrected chi connectivity index (χ4v) is 2.40. The van der Waals surface area contributed by atoms with Gasteiger partial charge in [-0.1, -0.05) is 58.3 Å². The normalized spacial score (nSPS) is 15.4. The third-order valence-electron chi connectivity index (χ3n) is 3.62. The monoisotopic (exact) mass is 291 g/mol. The van der Waals surface area contributed by atoms with E-state index >= 15 is 0 Å². The van der Waals surface area contributed by atoms with Gasteiger partial charge in [-0.2, -0.15) is 0 Å². The first kappa shape index (κ1) is 18.7. The molecule has 0 atom stereocenters. The van der Waals surface area contributed by atoms with Gasteiger partial charge in [0.1, 0.15) is 6.61 Å². The molecule has 0 saturated carbocycles. The molecule has 1 rings (SSSR count). The molecule has 0 radical (unpaired) electrons. The fraction of sp³-hybridized carbons (Fsp3) is 0.933. The minimum absolute atomic E-state index is 0. The van der Waals surface area contributed by atoms with Gasteiger partial charge in [-0.15, -0.1) is 12.4 Å². The number of carbonyl (C=O) groups is 1. The fourth-order valence-electron chi connectivity index (χ4n) is 2.40. The van der Waals surface area contributed by atoms with E-state index in [9.17, 15) is 4.79 Å². The highest BCUT2D eigenvalue weighted by Crippen LogP contribution is 2.10. The van der Waals surface area contributed by atoms with Gasteiger partial charge in [0, 0.05) is 13.1 Å². The summed E-state index contributed by atoms with van der Waals surface area (Å²) in [6.07, 6.45) is 12.0. The number of ether oxygens (including phenoxy) is 1. The Labute approximate surface area is 124 Å². The summed E-state index contributed by atoms with van der Waals surface area (Å²) in [5, 5.41) is 0. The summed E-state index contributed by atoms with van der Waals surface area (Å²) in [6.45, 7) is 4.97. The summed E-state index contributed by atoms with van der Waals surface area (Å²) in [6, 6.07) is 0. The number of carbonyl (C=O) groups excluding carboxylic acids is 1. The van der Waals surface area contributed by atoms with Crippen molar-refractivity contribution in [1.82, 2.24) is 4.90 Å². The quantitative estimate of drug-likeness (QED) is 0.573. The Morgan fingerprint density at radius 1 is 1.00 bits per heavy atom. The van der Waals surface area contributed by atoms with Gasteiger partial charge in [0.25, 0.3) is 0 Å². The van der Waals surface area contributed by atoms with Crippen LogP contribution in [-0.2, 0) is 9.53 Å². The van der Waals surface area contributed by atoms with E-state index in [0.717, 1.165) is 19.5 Å². The molecule has 0 unspecified atom stereocenters. The van der Waals surface area contributed by atoms with E-state index in [0.29, 0.717) is 6.61 Å². The standard InChI is InChI=1S/C15H29NO2.ClH/c1-2-3-4-5-6-7-8-9-10-11-16-12-13-18-14-15(16)17;/h2-14H2,1H3;1H. The van der Waals surface area contributed by atoms with E-state index in [1.165, 1.54) is 51.4 Å². The Hall–Kier alpha value is -0.280. The average molecular weight is 292 g/mol. The molecule has 0 aromatic rings. The van der Waals surface area contributed by atoms with E-state index in [-0.39, 0.29) is 24.9 Å². The van der Waals surface area contributed by atoms with Crippen molar-refractivity contribution in [3.05, 3.63) is 0 Å². The molecule has 1 amide bonds. The highest BCUT2D eigenvalue weighted by Gasteiger charge is 2.17. The molecule has 0 spiro atoms. The maximum Gasteiger partial charge on any atom is 0.248 e. The van der Waals surface area contributed by atoms with Crippen LogP contribution in [0.1, 0.15) is 64.7 Å². The van der Waals surface area contributed by atoms with Crippen LogP contribution in [0.2, 0.25) is 0 Å². The smallest absolute Gasteiger partial charge is 0.248 e. The van der Waals surface area contributed by atoms with Crippen LogP contribution in [0.15, 0.2) is 0 Å². The minimum atomic E-state index is 0. The number of unbranched alkanes of at least 4 members (excludes halogenated alkanes) is 8. The summed E-state index contributed by atoms with van der Waals surface area (Å²) < 4.78 is 5.11. The highest BCUT2D eigenvalue weighted by molar-refractivity contribution is 5.85. The summed E-state index contributed by atoms with van der Waals surface area (Å²) in [4.78, 5) is 13.4. The highest BCUT2D eigenvalue weighted by atomic mass is 35.5. The Balaban J connectivity index is 0.00000324. The van der Waals surface area contributed by atoms with Crippen molar-refractivity contribution >= 4 is 18.3 Å². The van der Waals surface area contributed by atoms with E-state index in [2.05, 4.69) is 6.92 Å². The van der Waals surface area contributed by atoms with Gasteiger partial charge in [0.05, 0.1) is 6.61 Å². The van der Waals surface area contributed by atoms with Gasteiger partial charge >= 0.3 is 0 Å². The van der Waals surface area contributed by atoms with Gasteiger partial charge in [-0.3, -0.25) is 4.79 Å². The van der Waals surface area contributed by atoms with Crippen molar-refractivity contribution in [3.8, 4) is 0 Å². The van der Waals surface area contributed by atoms with Gasteiger partial charge in [0.15, 0.2) is 0 Å². The molecule has 1 fully saturated rings. The van der Waals surface area contributed by atoms with Crippen LogP contribution in [0.3, 0.4) is 0 Å². The topological polar surface area (TPSA) is 29.5 Å². The van der Waals surface area contributed by atoms with Crippen molar-refractivity contribution in [2.45, 2.75) is 64.7 Å². The zero-order valence-corrected chi connectivity index (χ0v) is 13.2.